The molecule has 112 valence electrons. The summed E-state index contributed by atoms with van der Waals surface area (Å²) in [6, 6.07) is 5.22. The van der Waals surface area contributed by atoms with Crippen molar-refractivity contribution < 1.29 is 8.42 Å². The molecule has 0 aromatic heterocycles. The smallest absolute Gasteiger partial charge is 0.208 e. The molecule has 0 radical (unpaired) electrons. The van der Waals surface area contributed by atoms with E-state index in [1.165, 1.54) is 0 Å². The van der Waals surface area contributed by atoms with E-state index < -0.39 is 10.0 Å². The zero-order chi connectivity index (χ0) is 14.8. The second-order valence-corrected chi connectivity index (χ2v) is 8.95. The summed E-state index contributed by atoms with van der Waals surface area (Å²) in [6.45, 7) is 1.90. The summed E-state index contributed by atoms with van der Waals surface area (Å²) in [5.41, 5.74) is 0.930. The van der Waals surface area contributed by atoms with Crippen molar-refractivity contribution in [3.8, 4) is 0 Å². The van der Waals surface area contributed by atoms with Gasteiger partial charge in [0.25, 0.3) is 0 Å². The van der Waals surface area contributed by atoms with Crippen LogP contribution in [-0.2, 0) is 10.0 Å². The maximum absolute atomic E-state index is 12.4. The van der Waals surface area contributed by atoms with Gasteiger partial charge in [0, 0.05) is 15.8 Å². The Balaban J connectivity index is 2.06. The van der Waals surface area contributed by atoms with Crippen LogP contribution in [0.15, 0.2) is 27.6 Å². The van der Waals surface area contributed by atoms with Gasteiger partial charge in [-0.1, -0.05) is 15.9 Å². The maximum Gasteiger partial charge on any atom is 0.240 e. The fraction of sp³-hybridized carbons (Fsp3) is 0.571. The van der Waals surface area contributed by atoms with Crippen molar-refractivity contribution in [2.45, 2.75) is 48.8 Å². The van der Waals surface area contributed by atoms with Crippen LogP contribution in [0.1, 0.15) is 31.2 Å². The van der Waals surface area contributed by atoms with E-state index in [9.17, 15) is 8.42 Å². The number of hydrogen-bond acceptors (Lipinski definition) is 3. The number of halogens is 1. The van der Waals surface area contributed by atoms with Crippen LogP contribution in [0.5, 0.6) is 0 Å². The Kier molecular flexibility index (Phi) is 5.56. The molecule has 0 atom stereocenters. The lowest BCUT2D eigenvalue weighted by Crippen LogP contribution is -2.38. The van der Waals surface area contributed by atoms with Gasteiger partial charge in [0.2, 0.25) is 10.0 Å². The Hall–Kier alpha value is -0.0400. The van der Waals surface area contributed by atoms with Gasteiger partial charge >= 0.3 is 0 Å². The van der Waals surface area contributed by atoms with Gasteiger partial charge in [-0.25, -0.2) is 13.1 Å². The summed E-state index contributed by atoms with van der Waals surface area (Å²) < 4.78 is 28.5. The van der Waals surface area contributed by atoms with Crippen LogP contribution in [-0.4, -0.2) is 26.0 Å². The molecule has 6 heteroatoms. The van der Waals surface area contributed by atoms with Crippen LogP contribution in [0.3, 0.4) is 0 Å². The van der Waals surface area contributed by atoms with Crippen molar-refractivity contribution >= 4 is 37.7 Å². The molecule has 0 amide bonds. The van der Waals surface area contributed by atoms with Gasteiger partial charge in [0.15, 0.2) is 0 Å². The third kappa shape index (κ3) is 4.00. The highest BCUT2D eigenvalue weighted by molar-refractivity contribution is 9.10. The lowest BCUT2D eigenvalue weighted by Gasteiger charge is -2.27. The van der Waals surface area contributed by atoms with Gasteiger partial charge in [-0.05, 0) is 62.6 Å². The molecule has 1 N–H and O–H groups in total. The predicted molar refractivity (Wildman–Crippen MR) is 88.8 cm³/mol. The van der Waals surface area contributed by atoms with Gasteiger partial charge in [0.05, 0.1) is 4.90 Å². The highest BCUT2D eigenvalue weighted by atomic mass is 79.9. The standard InChI is InChI=1S/C14H20BrNO2S2/c1-10-9-13(7-8-14(10)15)20(17,18)16-11-3-5-12(19-2)6-4-11/h7-9,11-12,16H,3-6H2,1-2H3. The van der Waals surface area contributed by atoms with Gasteiger partial charge in [0.1, 0.15) is 0 Å². The summed E-state index contributed by atoms with van der Waals surface area (Å²) in [4.78, 5) is 0.352. The summed E-state index contributed by atoms with van der Waals surface area (Å²) in [5, 5.41) is 0.686. The SMILES string of the molecule is CSC1CCC(NS(=O)(=O)c2ccc(Br)c(C)c2)CC1. The first kappa shape index (κ1) is 16.3. The molecule has 1 saturated carbocycles. The highest BCUT2D eigenvalue weighted by Crippen LogP contribution is 2.28. The summed E-state index contributed by atoms with van der Waals surface area (Å²) in [7, 11) is -3.40. The average Bonchev–Trinajstić information content (AvgIpc) is 2.42. The average molecular weight is 378 g/mol. The van der Waals surface area contributed by atoms with E-state index >= 15 is 0 Å². The van der Waals surface area contributed by atoms with Crippen LogP contribution in [0.2, 0.25) is 0 Å². The van der Waals surface area contributed by atoms with E-state index in [1.54, 1.807) is 18.2 Å². The first-order valence-corrected chi connectivity index (χ1v) is 10.3. The molecule has 0 unspecified atom stereocenters. The molecule has 0 saturated heterocycles. The van der Waals surface area contributed by atoms with E-state index in [-0.39, 0.29) is 6.04 Å². The summed E-state index contributed by atoms with van der Waals surface area (Å²) in [6.07, 6.45) is 6.17. The minimum Gasteiger partial charge on any atom is -0.208 e. The monoisotopic (exact) mass is 377 g/mol. The number of rotatable bonds is 4. The second kappa shape index (κ2) is 6.81. The number of aryl methyl sites for hydroxylation is 1. The number of nitrogens with one attached hydrogen (secondary N) is 1. The minimum absolute atomic E-state index is 0.0763. The fourth-order valence-corrected chi connectivity index (χ4v) is 4.87. The number of thioether (sulfide) groups is 1. The van der Waals surface area contributed by atoms with Crippen molar-refractivity contribution in [2.75, 3.05) is 6.26 Å². The summed E-state index contributed by atoms with van der Waals surface area (Å²) >= 11 is 5.27. The summed E-state index contributed by atoms with van der Waals surface area (Å²) in [5.74, 6) is 0. The first-order chi connectivity index (χ1) is 9.42. The van der Waals surface area contributed by atoms with Gasteiger partial charge in [-0.3, -0.25) is 0 Å². The molecule has 1 aliphatic carbocycles. The molecular formula is C14H20BrNO2S2. The molecule has 0 aliphatic heterocycles. The fourth-order valence-electron chi connectivity index (χ4n) is 2.49. The Morgan fingerprint density at radius 3 is 2.45 bits per heavy atom. The van der Waals surface area contributed by atoms with E-state index in [0.29, 0.717) is 10.1 Å². The van der Waals surface area contributed by atoms with Crippen LogP contribution < -0.4 is 4.72 Å². The Bertz CT molecular complexity index is 567. The van der Waals surface area contributed by atoms with E-state index in [0.717, 1.165) is 35.7 Å². The quantitative estimate of drug-likeness (QED) is 0.869. The number of hydrogen-bond donors (Lipinski definition) is 1. The van der Waals surface area contributed by atoms with Crippen molar-refractivity contribution in [1.82, 2.24) is 4.72 Å². The largest absolute Gasteiger partial charge is 0.240 e. The molecule has 1 aliphatic rings. The Labute approximate surface area is 134 Å². The van der Waals surface area contributed by atoms with Crippen LogP contribution in [0.4, 0.5) is 0 Å². The van der Waals surface area contributed by atoms with Crippen molar-refractivity contribution in [3.63, 3.8) is 0 Å². The van der Waals surface area contributed by atoms with Crippen molar-refractivity contribution in [2.24, 2.45) is 0 Å². The lowest BCUT2D eigenvalue weighted by atomic mass is 9.96. The third-order valence-electron chi connectivity index (χ3n) is 3.77. The molecule has 1 fully saturated rings. The molecule has 0 bridgehead atoms. The van der Waals surface area contributed by atoms with Gasteiger partial charge in [-0.15, -0.1) is 0 Å². The van der Waals surface area contributed by atoms with Gasteiger partial charge < -0.3 is 0 Å². The third-order valence-corrected chi connectivity index (χ3v) is 7.32. The predicted octanol–water partition coefficient (Wildman–Crippen LogP) is 3.71. The first-order valence-electron chi connectivity index (χ1n) is 6.73. The molecule has 2 rings (SSSR count). The zero-order valence-electron chi connectivity index (χ0n) is 11.7. The molecule has 20 heavy (non-hydrogen) atoms. The second-order valence-electron chi connectivity index (χ2n) is 5.24. The van der Waals surface area contributed by atoms with Crippen LogP contribution in [0.25, 0.3) is 0 Å². The minimum atomic E-state index is -3.40. The van der Waals surface area contributed by atoms with Crippen LogP contribution >= 0.6 is 27.7 Å². The van der Waals surface area contributed by atoms with E-state index in [2.05, 4.69) is 26.9 Å². The molecule has 1 aromatic rings. The maximum atomic E-state index is 12.4. The Morgan fingerprint density at radius 1 is 1.25 bits per heavy atom. The van der Waals surface area contributed by atoms with Crippen molar-refractivity contribution in [3.05, 3.63) is 28.2 Å². The molecular weight excluding hydrogens is 358 g/mol. The molecule has 1 aromatic carbocycles. The number of sulfonamides is 1. The van der Waals surface area contributed by atoms with Crippen molar-refractivity contribution in [1.29, 1.82) is 0 Å². The van der Waals surface area contributed by atoms with E-state index in [4.69, 9.17) is 0 Å². The lowest BCUT2D eigenvalue weighted by molar-refractivity contribution is 0.420. The topological polar surface area (TPSA) is 46.2 Å². The van der Waals surface area contributed by atoms with E-state index in [1.807, 2.05) is 18.7 Å². The molecule has 3 nitrogen and oxygen atoms in total. The van der Waals surface area contributed by atoms with Crippen LogP contribution in [0, 0.1) is 6.92 Å². The molecule has 0 heterocycles. The Morgan fingerprint density at radius 2 is 1.90 bits per heavy atom. The highest BCUT2D eigenvalue weighted by Gasteiger charge is 2.25. The molecule has 0 spiro atoms. The normalized spacial score (nSPS) is 23.8. The zero-order valence-corrected chi connectivity index (χ0v) is 14.9. The number of benzene rings is 1. The van der Waals surface area contributed by atoms with Gasteiger partial charge in [-0.2, -0.15) is 11.8 Å².